The summed E-state index contributed by atoms with van der Waals surface area (Å²) in [5.41, 5.74) is 0.00587. The van der Waals surface area contributed by atoms with Crippen molar-refractivity contribution in [1.82, 2.24) is 25.0 Å². The fraction of sp³-hybridized carbons (Fsp3) is 0.364. The second kappa shape index (κ2) is 15.2. The SMILES string of the molecule is CC(C)C[C@@H](C)NC(=O)c1ccc(C(F)(F)F)n(C)c1=O.Cc1ccc2nn(C)cc2c1-c1cc(F)c(F)c(C(CC(=O)O)NC=O)c1. The van der Waals surface area contributed by atoms with Crippen LogP contribution in [-0.4, -0.2) is 43.8 Å². The monoisotopic (exact) mass is 677 g/mol. The molecule has 2 atom stereocenters. The number of benzene rings is 2. The molecule has 48 heavy (non-hydrogen) atoms. The first kappa shape index (κ1) is 37.4. The molecule has 2 aromatic heterocycles. The number of fused-ring (bicyclic) bond motifs is 1. The molecule has 2 amide bonds. The van der Waals surface area contributed by atoms with Crippen LogP contribution in [0.1, 0.15) is 66.8 Å². The number of carboxylic acid groups (broad SMARTS) is 1. The van der Waals surface area contributed by atoms with E-state index in [9.17, 15) is 41.1 Å². The maximum atomic E-state index is 14.4. The Balaban J connectivity index is 0.000000270. The number of aromatic nitrogens is 3. The lowest BCUT2D eigenvalue weighted by atomic mass is 9.93. The number of nitrogens with zero attached hydrogens (tertiary/aromatic N) is 3. The quantitative estimate of drug-likeness (QED) is 0.147. The Morgan fingerprint density at radius 2 is 1.73 bits per heavy atom. The van der Waals surface area contributed by atoms with Gasteiger partial charge in [0.2, 0.25) is 6.41 Å². The molecule has 258 valence electrons. The summed E-state index contributed by atoms with van der Waals surface area (Å²) in [6.45, 7) is 7.59. The Morgan fingerprint density at radius 1 is 1.06 bits per heavy atom. The van der Waals surface area contributed by atoms with Gasteiger partial charge in [0, 0.05) is 37.3 Å². The summed E-state index contributed by atoms with van der Waals surface area (Å²) in [6.07, 6.45) is -2.45. The minimum Gasteiger partial charge on any atom is -0.481 e. The summed E-state index contributed by atoms with van der Waals surface area (Å²) < 4.78 is 68.8. The highest BCUT2D eigenvalue weighted by Gasteiger charge is 2.34. The minimum atomic E-state index is -4.63. The summed E-state index contributed by atoms with van der Waals surface area (Å²) in [7, 11) is 2.76. The predicted octanol–water partition coefficient (Wildman–Crippen LogP) is 5.66. The Hall–Kier alpha value is -5.08. The van der Waals surface area contributed by atoms with E-state index < -0.39 is 53.4 Å². The van der Waals surface area contributed by atoms with Gasteiger partial charge < -0.3 is 20.3 Å². The number of alkyl halides is 3. The molecule has 0 aliphatic carbocycles. The van der Waals surface area contributed by atoms with Crippen LogP contribution in [0.15, 0.2) is 47.4 Å². The molecule has 0 aliphatic rings. The molecule has 0 spiro atoms. The van der Waals surface area contributed by atoms with Crippen LogP contribution in [0, 0.1) is 24.5 Å². The third-order valence-electron chi connectivity index (χ3n) is 7.42. The summed E-state index contributed by atoms with van der Waals surface area (Å²) >= 11 is 0. The van der Waals surface area contributed by atoms with Gasteiger partial charge in [-0.15, -0.1) is 0 Å². The molecule has 1 unspecified atom stereocenters. The number of hydrogen-bond donors (Lipinski definition) is 3. The second-order valence-electron chi connectivity index (χ2n) is 11.8. The molecule has 0 radical (unpaired) electrons. The number of carbonyl (C=O) groups is 3. The van der Waals surface area contributed by atoms with E-state index in [0.717, 1.165) is 36.2 Å². The zero-order valence-electron chi connectivity index (χ0n) is 27.1. The first-order valence-electron chi connectivity index (χ1n) is 14.8. The van der Waals surface area contributed by atoms with Gasteiger partial charge in [-0.1, -0.05) is 19.9 Å². The Bertz CT molecular complexity index is 1880. The number of pyridine rings is 1. The van der Waals surface area contributed by atoms with Crippen molar-refractivity contribution in [1.29, 1.82) is 0 Å². The standard InChI is InChI=1S/C19H17F2N3O3.C14H19F3N2O2/c1-10-3-4-15-13(8-24(2)23-15)18(10)11-5-12(19(21)14(20)6-11)16(22-9-25)7-17(26)27;1-8(2)7-9(3)18-12(20)10-5-6-11(14(15,16)17)19(4)13(10)21/h3-6,8-9,16H,7H2,1-2H3,(H,22,25)(H,26,27);5-6,8-9H,7H2,1-4H3,(H,18,20)/t;9-/m.1/s1. The smallest absolute Gasteiger partial charge is 0.431 e. The number of halogens is 5. The van der Waals surface area contributed by atoms with E-state index in [1.165, 1.54) is 6.07 Å². The first-order valence-corrected chi connectivity index (χ1v) is 14.8. The van der Waals surface area contributed by atoms with Gasteiger partial charge in [0.25, 0.3) is 11.5 Å². The van der Waals surface area contributed by atoms with Crippen molar-refractivity contribution in [2.75, 3.05) is 0 Å². The molecule has 15 heteroatoms. The first-order chi connectivity index (χ1) is 22.3. The molecule has 0 saturated heterocycles. The number of nitrogens with one attached hydrogen (secondary N) is 2. The van der Waals surface area contributed by atoms with Gasteiger partial charge in [-0.05, 0) is 73.2 Å². The van der Waals surface area contributed by atoms with Gasteiger partial charge in [-0.25, -0.2) is 8.78 Å². The molecule has 0 bridgehead atoms. The topological polar surface area (TPSA) is 135 Å². The van der Waals surface area contributed by atoms with Crippen molar-refractivity contribution in [2.45, 2.75) is 58.8 Å². The molecule has 0 fully saturated rings. The van der Waals surface area contributed by atoms with Crippen molar-refractivity contribution in [2.24, 2.45) is 20.0 Å². The second-order valence-corrected chi connectivity index (χ2v) is 11.8. The summed E-state index contributed by atoms with van der Waals surface area (Å²) in [5.74, 6) is -3.85. The Labute approximate surface area is 272 Å². The van der Waals surface area contributed by atoms with Crippen LogP contribution in [0.5, 0.6) is 0 Å². The Morgan fingerprint density at radius 3 is 2.31 bits per heavy atom. The van der Waals surface area contributed by atoms with Gasteiger partial charge in [0.15, 0.2) is 11.6 Å². The van der Waals surface area contributed by atoms with Crippen molar-refractivity contribution in [3.05, 3.63) is 87.0 Å². The number of aliphatic carboxylic acids is 1. The van der Waals surface area contributed by atoms with Crippen LogP contribution in [0.3, 0.4) is 0 Å². The molecule has 0 saturated carbocycles. The van der Waals surface area contributed by atoms with Crippen LogP contribution in [0.25, 0.3) is 22.0 Å². The number of hydrogen-bond acceptors (Lipinski definition) is 5. The van der Waals surface area contributed by atoms with Gasteiger partial charge >= 0.3 is 12.1 Å². The molecule has 4 rings (SSSR count). The average Bonchev–Trinajstić information content (AvgIpc) is 3.34. The van der Waals surface area contributed by atoms with Gasteiger partial charge in [-0.2, -0.15) is 18.3 Å². The lowest BCUT2D eigenvalue weighted by Crippen LogP contribution is -2.38. The number of carbonyl (C=O) groups excluding carboxylic acids is 2. The minimum absolute atomic E-state index is 0.163. The van der Waals surface area contributed by atoms with Crippen LogP contribution >= 0.6 is 0 Å². The zero-order chi connectivity index (χ0) is 36.1. The van der Waals surface area contributed by atoms with E-state index in [4.69, 9.17) is 5.11 Å². The maximum absolute atomic E-state index is 14.4. The highest BCUT2D eigenvalue weighted by atomic mass is 19.4. The van der Waals surface area contributed by atoms with Crippen molar-refractivity contribution >= 4 is 29.2 Å². The van der Waals surface area contributed by atoms with E-state index in [1.807, 2.05) is 32.9 Å². The zero-order valence-corrected chi connectivity index (χ0v) is 27.1. The van der Waals surface area contributed by atoms with Crippen molar-refractivity contribution in [3.8, 4) is 11.1 Å². The highest BCUT2D eigenvalue weighted by molar-refractivity contribution is 5.96. The van der Waals surface area contributed by atoms with E-state index >= 15 is 0 Å². The van der Waals surface area contributed by atoms with Crippen LogP contribution in [-0.2, 0) is 29.9 Å². The van der Waals surface area contributed by atoms with Gasteiger partial charge in [-0.3, -0.25) is 23.9 Å². The lowest BCUT2D eigenvalue weighted by molar-refractivity contribution is -0.143. The van der Waals surface area contributed by atoms with Gasteiger partial charge in [0.1, 0.15) is 11.3 Å². The number of amides is 2. The third-order valence-corrected chi connectivity index (χ3v) is 7.42. The van der Waals surface area contributed by atoms with Crippen LogP contribution in [0.2, 0.25) is 0 Å². The molecule has 3 N–H and O–H groups in total. The van der Waals surface area contributed by atoms with Crippen molar-refractivity contribution in [3.63, 3.8) is 0 Å². The van der Waals surface area contributed by atoms with Crippen molar-refractivity contribution < 1.29 is 41.4 Å². The van der Waals surface area contributed by atoms with E-state index in [1.54, 1.807) is 24.9 Å². The van der Waals surface area contributed by atoms with Crippen LogP contribution in [0.4, 0.5) is 22.0 Å². The predicted molar refractivity (Wildman–Crippen MR) is 168 cm³/mol. The average molecular weight is 678 g/mol. The molecule has 0 aliphatic heterocycles. The fourth-order valence-corrected chi connectivity index (χ4v) is 5.39. The van der Waals surface area contributed by atoms with E-state index in [-0.39, 0.29) is 23.6 Å². The normalized spacial score (nSPS) is 12.7. The summed E-state index contributed by atoms with van der Waals surface area (Å²) in [5, 5.41) is 19.0. The Kier molecular flexibility index (Phi) is 11.8. The number of aryl methyl sites for hydroxylation is 2. The molecule has 4 aromatic rings. The number of carboxylic acids is 1. The summed E-state index contributed by atoms with van der Waals surface area (Å²) in [4.78, 5) is 45.7. The van der Waals surface area contributed by atoms with E-state index in [0.29, 0.717) is 33.5 Å². The lowest BCUT2D eigenvalue weighted by Gasteiger charge is -2.18. The molecule has 2 heterocycles. The fourth-order valence-electron chi connectivity index (χ4n) is 5.39. The summed E-state index contributed by atoms with van der Waals surface area (Å²) in [6, 6.07) is 6.39. The van der Waals surface area contributed by atoms with Gasteiger partial charge in [0.05, 0.1) is 18.0 Å². The molecule has 2 aromatic carbocycles. The number of rotatable bonds is 10. The molecular formula is C33H36F5N5O5. The highest BCUT2D eigenvalue weighted by Crippen LogP contribution is 2.35. The van der Waals surface area contributed by atoms with E-state index in [2.05, 4.69) is 15.7 Å². The molecule has 10 nitrogen and oxygen atoms in total. The molecular weight excluding hydrogens is 641 g/mol. The largest absolute Gasteiger partial charge is 0.481 e. The third kappa shape index (κ3) is 8.83. The maximum Gasteiger partial charge on any atom is 0.431 e. The van der Waals surface area contributed by atoms with Crippen LogP contribution < -0.4 is 16.2 Å².